The van der Waals surface area contributed by atoms with Crippen molar-refractivity contribution in [1.29, 1.82) is 0 Å². The van der Waals surface area contributed by atoms with Crippen LogP contribution >= 0.6 is 24.0 Å². The molecule has 0 saturated carbocycles. The molecule has 7 nitrogen and oxygen atoms in total. The van der Waals surface area contributed by atoms with Crippen LogP contribution in [0.3, 0.4) is 0 Å². The Morgan fingerprint density at radius 1 is 1.19 bits per heavy atom. The molecule has 1 rings (SSSR count). The number of likely N-dealkylation sites (N-methyl/N-ethyl adjacent to an activating group) is 1. The molecule has 0 aromatic heterocycles. The lowest BCUT2D eigenvalue weighted by Gasteiger charge is -2.34. The van der Waals surface area contributed by atoms with Gasteiger partial charge in [0.15, 0.2) is 5.96 Å². The van der Waals surface area contributed by atoms with E-state index in [9.17, 15) is 9.59 Å². The maximum Gasteiger partial charge on any atom is 0.243 e. The third-order valence-corrected chi connectivity index (χ3v) is 4.51. The van der Waals surface area contributed by atoms with Crippen molar-refractivity contribution in [3.05, 3.63) is 0 Å². The summed E-state index contributed by atoms with van der Waals surface area (Å²) in [5, 5.41) is 6.78. The van der Waals surface area contributed by atoms with Gasteiger partial charge in [-0.2, -0.15) is 0 Å². The summed E-state index contributed by atoms with van der Waals surface area (Å²) in [5.74, 6) is 0.924. The molecule has 0 spiro atoms. The van der Waals surface area contributed by atoms with Crippen molar-refractivity contribution >= 4 is 41.8 Å². The number of hydrogen-bond donors (Lipinski definition) is 2. The van der Waals surface area contributed by atoms with Gasteiger partial charge in [0, 0.05) is 45.2 Å². The van der Waals surface area contributed by atoms with Crippen LogP contribution in [0.2, 0.25) is 0 Å². The molecule has 1 unspecified atom stereocenters. The third-order valence-electron chi connectivity index (χ3n) is 4.51. The number of nitrogens with zero attached hydrogens (tertiary/aromatic N) is 3. The fourth-order valence-electron chi connectivity index (χ4n) is 2.56. The monoisotopic (exact) mass is 481 g/mol. The van der Waals surface area contributed by atoms with Gasteiger partial charge in [-0.1, -0.05) is 20.8 Å². The molecule has 1 heterocycles. The SMILES string of the molecule is CCC(C)NC(=NCC(=O)N(C)C)NC1CCN(C(=O)C(C)C)CC1.I. The highest BCUT2D eigenvalue weighted by Crippen LogP contribution is 2.13. The summed E-state index contributed by atoms with van der Waals surface area (Å²) in [6, 6.07) is 0.546. The van der Waals surface area contributed by atoms with Crippen LogP contribution < -0.4 is 10.6 Å². The van der Waals surface area contributed by atoms with E-state index in [1.807, 2.05) is 18.7 Å². The van der Waals surface area contributed by atoms with Gasteiger partial charge in [-0.15, -0.1) is 24.0 Å². The van der Waals surface area contributed by atoms with Gasteiger partial charge in [-0.3, -0.25) is 9.59 Å². The summed E-state index contributed by atoms with van der Waals surface area (Å²) < 4.78 is 0. The van der Waals surface area contributed by atoms with E-state index in [1.54, 1.807) is 19.0 Å². The van der Waals surface area contributed by atoms with Gasteiger partial charge in [0.2, 0.25) is 11.8 Å². The predicted molar refractivity (Wildman–Crippen MR) is 117 cm³/mol. The first-order chi connectivity index (χ1) is 11.7. The van der Waals surface area contributed by atoms with E-state index in [-0.39, 0.29) is 60.3 Å². The molecule has 1 fully saturated rings. The number of hydrogen-bond acceptors (Lipinski definition) is 3. The Balaban J connectivity index is 0.00000625. The highest BCUT2D eigenvalue weighted by atomic mass is 127. The molecule has 0 aliphatic carbocycles. The van der Waals surface area contributed by atoms with Gasteiger partial charge < -0.3 is 20.4 Å². The van der Waals surface area contributed by atoms with Crippen molar-refractivity contribution in [3.63, 3.8) is 0 Å². The number of likely N-dealkylation sites (tertiary alicyclic amines) is 1. The second kappa shape index (κ2) is 12.3. The average Bonchev–Trinajstić information content (AvgIpc) is 2.58. The molecule has 0 aromatic rings. The lowest BCUT2D eigenvalue weighted by atomic mass is 10.0. The number of carbonyl (C=O) groups is 2. The highest BCUT2D eigenvalue weighted by molar-refractivity contribution is 14.0. The zero-order valence-electron chi connectivity index (χ0n) is 17.0. The maximum absolute atomic E-state index is 12.1. The van der Waals surface area contributed by atoms with Crippen molar-refractivity contribution in [1.82, 2.24) is 20.4 Å². The van der Waals surface area contributed by atoms with Crippen molar-refractivity contribution in [3.8, 4) is 0 Å². The van der Waals surface area contributed by atoms with Crippen LogP contribution in [0.25, 0.3) is 0 Å². The largest absolute Gasteiger partial charge is 0.354 e. The smallest absolute Gasteiger partial charge is 0.243 e. The fraction of sp³-hybridized carbons (Fsp3) is 0.833. The maximum atomic E-state index is 12.1. The molecule has 8 heteroatoms. The molecule has 1 aliphatic heterocycles. The molecule has 0 bridgehead atoms. The van der Waals surface area contributed by atoms with Gasteiger partial charge in [0.1, 0.15) is 6.54 Å². The molecule has 2 amide bonds. The van der Waals surface area contributed by atoms with Gasteiger partial charge in [0.05, 0.1) is 0 Å². The van der Waals surface area contributed by atoms with Gasteiger partial charge in [-0.25, -0.2) is 4.99 Å². The second-order valence-corrected chi connectivity index (χ2v) is 7.31. The van der Waals surface area contributed by atoms with Crippen LogP contribution in [0.5, 0.6) is 0 Å². The van der Waals surface area contributed by atoms with E-state index in [2.05, 4.69) is 29.5 Å². The van der Waals surface area contributed by atoms with Gasteiger partial charge >= 0.3 is 0 Å². The van der Waals surface area contributed by atoms with Crippen molar-refractivity contribution < 1.29 is 9.59 Å². The van der Waals surface area contributed by atoms with Crippen LogP contribution in [-0.2, 0) is 9.59 Å². The molecule has 1 aliphatic rings. The first-order valence-corrected chi connectivity index (χ1v) is 9.31. The standard InChI is InChI=1S/C18H35N5O2.HI/c1-7-14(4)20-18(19-12-16(24)22(5)6)21-15-8-10-23(11-9-15)17(25)13(2)3;/h13-15H,7-12H2,1-6H3,(H2,19,20,21);1H. The van der Waals surface area contributed by atoms with Crippen LogP contribution in [0, 0.1) is 5.92 Å². The number of nitrogens with one attached hydrogen (secondary N) is 2. The lowest BCUT2D eigenvalue weighted by molar-refractivity contribution is -0.135. The van der Waals surface area contributed by atoms with Gasteiger partial charge in [0.25, 0.3) is 0 Å². The van der Waals surface area contributed by atoms with Crippen LogP contribution in [0.4, 0.5) is 0 Å². The Labute approximate surface area is 175 Å². The summed E-state index contributed by atoms with van der Waals surface area (Å²) in [7, 11) is 3.46. The molecule has 152 valence electrons. The normalized spacial score (nSPS) is 16.7. The number of piperidine rings is 1. The predicted octanol–water partition coefficient (Wildman–Crippen LogP) is 1.67. The number of amides is 2. The summed E-state index contributed by atoms with van der Waals surface area (Å²) in [4.78, 5) is 31.8. The summed E-state index contributed by atoms with van der Waals surface area (Å²) in [6.07, 6.45) is 2.76. The van der Waals surface area contributed by atoms with E-state index >= 15 is 0 Å². The lowest BCUT2D eigenvalue weighted by Crippen LogP contribution is -2.51. The first-order valence-electron chi connectivity index (χ1n) is 9.31. The molecule has 2 N–H and O–H groups in total. The number of aliphatic imine (C=N–C) groups is 1. The molecular formula is C18H36IN5O2. The Morgan fingerprint density at radius 3 is 2.23 bits per heavy atom. The third kappa shape index (κ3) is 8.55. The van der Waals surface area contributed by atoms with E-state index in [4.69, 9.17) is 0 Å². The summed E-state index contributed by atoms with van der Waals surface area (Å²) in [5.41, 5.74) is 0. The van der Waals surface area contributed by atoms with Crippen molar-refractivity contribution in [2.45, 2.75) is 59.0 Å². The van der Waals surface area contributed by atoms with Crippen LogP contribution in [0.1, 0.15) is 47.0 Å². The number of guanidine groups is 1. The first kappa shape index (κ1) is 24.9. The molecule has 26 heavy (non-hydrogen) atoms. The number of rotatable bonds is 6. The van der Waals surface area contributed by atoms with Crippen LogP contribution in [-0.4, -0.2) is 73.4 Å². The summed E-state index contributed by atoms with van der Waals surface area (Å²) in [6.45, 7) is 9.74. The highest BCUT2D eigenvalue weighted by Gasteiger charge is 2.25. The minimum atomic E-state index is -0.0254. The minimum absolute atomic E-state index is 0. The van der Waals surface area contributed by atoms with E-state index in [0.29, 0.717) is 5.96 Å². The number of halogens is 1. The quantitative estimate of drug-likeness (QED) is 0.344. The van der Waals surface area contributed by atoms with Crippen LogP contribution in [0.15, 0.2) is 4.99 Å². The molecule has 0 radical (unpaired) electrons. The zero-order valence-corrected chi connectivity index (χ0v) is 19.4. The Hall–Kier alpha value is -1.06. The second-order valence-electron chi connectivity index (χ2n) is 7.31. The topological polar surface area (TPSA) is 77.0 Å². The van der Waals surface area contributed by atoms with E-state index in [0.717, 1.165) is 32.4 Å². The van der Waals surface area contributed by atoms with Crippen molar-refractivity contribution in [2.24, 2.45) is 10.9 Å². The Morgan fingerprint density at radius 2 is 1.77 bits per heavy atom. The number of carbonyl (C=O) groups excluding carboxylic acids is 2. The molecule has 1 saturated heterocycles. The minimum Gasteiger partial charge on any atom is -0.354 e. The molecule has 0 aromatic carbocycles. The summed E-state index contributed by atoms with van der Waals surface area (Å²) >= 11 is 0. The van der Waals surface area contributed by atoms with Gasteiger partial charge in [-0.05, 0) is 26.2 Å². The molecule has 1 atom stereocenters. The Bertz CT molecular complexity index is 474. The van der Waals surface area contributed by atoms with E-state index < -0.39 is 0 Å². The Kier molecular flexibility index (Phi) is 11.8. The average molecular weight is 481 g/mol. The van der Waals surface area contributed by atoms with E-state index in [1.165, 1.54) is 0 Å². The zero-order chi connectivity index (χ0) is 19.0. The fourth-order valence-corrected chi connectivity index (χ4v) is 2.56. The van der Waals surface area contributed by atoms with Crippen molar-refractivity contribution in [2.75, 3.05) is 33.7 Å². The molecular weight excluding hydrogens is 445 g/mol.